The number of aryl methyl sites for hydroxylation is 1. The fourth-order valence-corrected chi connectivity index (χ4v) is 2.85. The molecule has 1 heterocycles. The number of halogens is 3. The summed E-state index contributed by atoms with van der Waals surface area (Å²) in [7, 11) is 0. The highest BCUT2D eigenvalue weighted by molar-refractivity contribution is 14.1. The molecule has 2 aromatic rings. The Labute approximate surface area is 136 Å². The minimum absolute atomic E-state index is 0.0836. The van der Waals surface area contributed by atoms with Crippen LogP contribution in [0.4, 0.5) is 4.39 Å². The number of hydrogen-bond donors (Lipinski definition) is 0. The van der Waals surface area contributed by atoms with E-state index in [0.29, 0.717) is 20.2 Å². The molecule has 1 aromatic heterocycles. The second-order valence-electron chi connectivity index (χ2n) is 4.17. The zero-order chi connectivity index (χ0) is 14.9. The summed E-state index contributed by atoms with van der Waals surface area (Å²) in [6, 6.07) is 4.44. The summed E-state index contributed by atoms with van der Waals surface area (Å²) in [6.07, 6.45) is 1.51. The Balaban J connectivity index is 2.59. The average Bonchev–Trinajstić information content (AvgIpc) is 2.42. The molecule has 0 fully saturated rings. The van der Waals surface area contributed by atoms with Crippen LogP contribution in [0.3, 0.4) is 0 Å². The van der Waals surface area contributed by atoms with E-state index in [4.69, 9.17) is 0 Å². The van der Waals surface area contributed by atoms with E-state index in [2.05, 4.69) is 15.9 Å². The number of rotatable bonds is 3. The second-order valence-corrected chi connectivity index (χ2v) is 6.25. The van der Waals surface area contributed by atoms with Crippen LogP contribution in [-0.2, 0) is 13.1 Å². The quantitative estimate of drug-likeness (QED) is 0.672. The molecule has 0 aliphatic carbocycles. The molecule has 2 rings (SSSR count). The van der Waals surface area contributed by atoms with Gasteiger partial charge in [0, 0.05) is 22.8 Å². The van der Waals surface area contributed by atoms with Crippen molar-refractivity contribution in [2.45, 2.75) is 20.0 Å². The largest absolute Gasteiger partial charge is 0.331 e. The summed E-state index contributed by atoms with van der Waals surface area (Å²) in [4.78, 5) is 24.2. The third kappa shape index (κ3) is 3.03. The van der Waals surface area contributed by atoms with Crippen LogP contribution in [0.5, 0.6) is 0 Å². The van der Waals surface area contributed by atoms with Crippen LogP contribution >= 0.6 is 38.5 Å². The molecule has 0 amide bonds. The minimum atomic E-state index is -0.443. The van der Waals surface area contributed by atoms with Crippen LogP contribution in [0.1, 0.15) is 12.5 Å². The van der Waals surface area contributed by atoms with Gasteiger partial charge >= 0.3 is 5.69 Å². The van der Waals surface area contributed by atoms with Gasteiger partial charge in [0.25, 0.3) is 5.56 Å². The lowest BCUT2D eigenvalue weighted by Gasteiger charge is -2.10. The fraction of sp³-hybridized carbons (Fsp3) is 0.231. The van der Waals surface area contributed by atoms with Crippen LogP contribution in [-0.4, -0.2) is 9.13 Å². The molecule has 0 aliphatic rings. The summed E-state index contributed by atoms with van der Waals surface area (Å²) >= 11 is 5.13. The van der Waals surface area contributed by atoms with Gasteiger partial charge in [-0.3, -0.25) is 13.9 Å². The average molecular weight is 453 g/mol. The van der Waals surface area contributed by atoms with E-state index < -0.39 is 17.1 Å². The maximum Gasteiger partial charge on any atom is 0.331 e. The molecule has 0 N–H and O–H groups in total. The molecular weight excluding hydrogens is 442 g/mol. The maximum atomic E-state index is 13.8. The van der Waals surface area contributed by atoms with Gasteiger partial charge in [-0.25, -0.2) is 9.18 Å². The van der Waals surface area contributed by atoms with E-state index in [0.717, 1.165) is 4.57 Å². The fourth-order valence-electron chi connectivity index (χ4n) is 1.82. The van der Waals surface area contributed by atoms with E-state index in [1.807, 2.05) is 29.5 Å². The second kappa shape index (κ2) is 6.21. The van der Waals surface area contributed by atoms with E-state index in [1.165, 1.54) is 16.8 Å². The van der Waals surface area contributed by atoms with Gasteiger partial charge < -0.3 is 0 Å². The number of hydrogen-bond acceptors (Lipinski definition) is 2. The molecule has 1 aromatic carbocycles. The van der Waals surface area contributed by atoms with Crippen LogP contribution in [0.25, 0.3) is 0 Å². The predicted molar refractivity (Wildman–Crippen MR) is 86.6 cm³/mol. The number of nitrogens with zero attached hydrogens (tertiary/aromatic N) is 2. The van der Waals surface area contributed by atoms with Gasteiger partial charge in [-0.05, 0) is 47.7 Å². The monoisotopic (exact) mass is 452 g/mol. The molecule has 0 bridgehead atoms. The highest BCUT2D eigenvalue weighted by atomic mass is 127. The SMILES string of the molecule is CCn1cc(I)c(=O)n(Cc2cc(Br)ccc2F)c1=O. The van der Waals surface area contributed by atoms with Crippen molar-refractivity contribution in [2.75, 3.05) is 0 Å². The van der Waals surface area contributed by atoms with Crippen molar-refractivity contribution in [3.05, 3.63) is 64.7 Å². The lowest BCUT2D eigenvalue weighted by atomic mass is 10.2. The van der Waals surface area contributed by atoms with Crippen molar-refractivity contribution in [1.82, 2.24) is 9.13 Å². The van der Waals surface area contributed by atoms with Crippen LogP contribution in [0, 0.1) is 9.39 Å². The van der Waals surface area contributed by atoms with Crippen LogP contribution < -0.4 is 11.2 Å². The van der Waals surface area contributed by atoms with Gasteiger partial charge in [-0.1, -0.05) is 15.9 Å². The van der Waals surface area contributed by atoms with Gasteiger partial charge in [-0.2, -0.15) is 0 Å². The van der Waals surface area contributed by atoms with Crippen molar-refractivity contribution >= 4 is 38.5 Å². The van der Waals surface area contributed by atoms with Crippen molar-refractivity contribution in [3.8, 4) is 0 Å². The number of benzene rings is 1. The summed E-state index contributed by atoms with van der Waals surface area (Å²) in [5, 5.41) is 0. The molecule has 0 unspecified atom stereocenters. The zero-order valence-electron chi connectivity index (χ0n) is 10.6. The Bertz CT molecular complexity index is 770. The van der Waals surface area contributed by atoms with Gasteiger partial charge in [0.1, 0.15) is 5.82 Å². The van der Waals surface area contributed by atoms with Crippen molar-refractivity contribution < 1.29 is 4.39 Å². The first-order chi connectivity index (χ1) is 9.43. The highest BCUT2D eigenvalue weighted by Gasteiger charge is 2.12. The van der Waals surface area contributed by atoms with E-state index >= 15 is 0 Å². The smallest absolute Gasteiger partial charge is 0.300 e. The summed E-state index contributed by atoms with van der Waals surface area (Å²) in [5.41, 5.74) is -0.541. The first-order valence-corrected chi connectivity index (χ1v) is 7.75. The van der Waals surface area contributed by atoms with Crippen molar-refractivity contribution in [3.63, 3.8) is 0 Å². The van der Waals surface area contributed by atoms with Gasteiger partial charge in [0.2, 0.25) is 0 Å². The van der Waals surface area contributed by atoms with Crippen molar-refractivity contribution in [2.24, 2.45) is 0 Å². The van der Waals surface area contributed by atoms with Crippen LogP contribution in [0.15, 0.2) is 38.5 Å². The molecule has 0 radical (unpaired) electrons. The Hall–Kier alpha value is -0.960. The molecule has 0 saturated carbocycles. The molecule has 0 spiro atoms. The maximum absolute atomic E-state index is 13.8. The van der Waals surface area contributed by atoms with Crippen LogP contribution in [0.2, 0.25) is 0 Å². The topological polar surface area (TPSA) is 44.0 Å². The third-order valence-corrected chi connectivity index (χ3v) is 4.11. The van der Waals surface area contributed by atoms with E-state index in [-0.39, 0.29) is 6.54 Å². The molecule has 0 saturated heterocycles. The van der Waals surface area contributed by atoms with Gasteiger partial charge in [-0.15, -0.1) is 0 Å². The summed E-state index contributed by atoms with van der Waals surface area (Å²) in [6.45, 7) is 2.18. The lowest BCUT2D eigenvalue weighted by molar-refractivity contribution is 0.563. The molecule has 106 valence electrons. The first kappa shape index (κ1) is 15.4. The summed E-state index contributed by atoms with van der Waals surface area (Å²) < 4.78 is 17.4. The minimum Gasteiger partial charge on any atom is -0.300 e. The lowest BCUT2D eigenvalue weighted by Crippen LogP contribution is -2.41. The zero-order valence-corrected chi connectivity index (χ0v) is 14.3. The third-order valence-electron chi connectivity index (χ3n) is 2.87. The molecule has 0 aliphatic heterocycles. The Kier molecular flexibility index (Phi) is 4.79. The van der Waals surface area contributed by atoms with Crippen molar-refractivity contribution in [1.29, 1.82) is 0 Å². The molecule has 7 heteroatoms. The van der Waals surface area contributed by atoms with E-state index in [1.54, 1.807) is 12.1 Å². The number of aromatic nitrogens is 2. The summed E-state index contributed by atoms with van der Waals surface area (Å²) in [5.74, 6) is -0.443. The Morgan fingerprint density at radius 3 is 2.70 bits per heavy atom. The van der Waals surface area contributed by atoms with E-state index in [9.17, 15) is 14.0 Å². The molecule has 4 nitrogen and oxygen atoms in total. The highest BCUT2D eigenvalue weighted by Crippen LogP contribution is 2.15. The Morgan fingerprint density at radius 1 is 1.35 bits per heavy atom. The predicted octanol–water partition coefficient (Wildman–Crippen LogP) is 2.58. The standard InChI is InChI=1S/C13H11BrFIN2O2/c1-2-17-7-11(16)12(19)18(13(17)20)6-8-5-9(14)3-4-10(8)15/h3-5,7H,2,6H2,1H3. The normalized spacial score (nSPS) is 10.8. The molecule has 20 heavy (non-hydrogen) atoms. The van der Waals surface area contributed by atoms with Gasteiger partial charge in [0.05, 0.1) is 10.1 Å². The Morgan fingerprint density at radius 2 is 2.05 bits per heavy atom. The molecular formula is C13H11BrFIN2O2. The van der Waals surface area contributed by atoms with Gasteiger partial charge in [0.15, 0.2) is 0 Å². The first-order valence-electron chi connectivity index (χ1n) is 5.87. The molecule has 0 atom stereocenters.